The van der Waals surface area contributed by atoms with Gasteiger partial charge in [0.05, 0.1) is 5.52 Å². The fourth-order valence-corrected chi connectivity index (χ4v) is 4.82. The summed E-state index contributed by atoms with van der Waals surface area (Å²) in [5.41, 5.74) is 1.11. The highest BCUT2D eigenvalue weighted by Crippen LogP contribution is 2.23. The first-order valence-corrected chi connectivity index (χ1v) is 11.4. The van der Waals surface area contributed by atoms with Crippen LogP contribution in [-0.2, 0) is 14.8 Å². The minimum absolute atomic E-state index is 0.0507. The molecule has 2 aromatic carbocycles. The van der Waals surface area contributed by atoms with E-state index >= 15 is 0 Å². The van der Waals surface area contributed by atoms with Gasteiger partial charge in [-0.25, -0.2) is 8.42 Å². The highest BCUT2D eigenvalue weighted by molar-refractivity contribution is 7.93. The number of aromatic nitrogens is 1. The number of carbonyl (C=O) groups is 2. The molecule has 0 aliphatic carbocycles. The molecule has 0 bridgehead atoms. The lowest BCUT2D eigenvalue weighted by Gasteiger charge is -2.33. The summed E-state index contributed by atoms with van der Waals surface area (Å²) in [5.74, 6) is -0.327. The largest absolute Gasteiger partial charge is 0.340 e. The summed E-state index contributed by atoms with van der Waals surface area (Å²) in [6.07, 6.45) is 1.55. The van der Waals surface area contributed by atoms with Crippen LogP contribution in [0.2, 0.25) is 0 Å². The lowest BCUT2D eigenvalue weighted by atomic mass is 10.1. The standard InChI is InChI=1S/C22H22N4O4S/c1-2-25-13-14-26(15-20(25)27)22(28)17-8-10-18(11-9-17)24-31(29,30)19-7-3-5-16-6-4-12-23-21(16)19/h3-12,24H,2,13-15H2,1H3. The molecule has 0 unspecified atom stereocenters. The van der Waals surface area contributed by atoms with Crippen LogP contribution in [-0.4, -0.2) is 61.2 Å². The lowest BCUT2D eigenvalue weighted by molar-refractivity contribution is -0.134. The average Bonchev–Trinajstić information content (AvgIpc) is 2.78. The number of likely N-dealkylation sites (N-methyl/N-ethyl adjacent to an activating group) is 1. The van der Waals surface area contributed by atoms with Crippen molar-refractivity contribution in [2.45, 2.75) is 11.8 Å². The zero-order valence-corrected chi connectivity index (χ0v) is 17.8. The number of anilines is 1. The van der Waals surface area contributed by atoms with Crippen LogP contribution in [0.1, 0.15) is 17.3 Å². The Morgan fingerprint density at radius 2 is 1.81 bits per heavy atom. The molecule has 1 aromatic heterocycles. The van der Waals surface area contributed by atoms with Crippen LogP contribution < -0.4 is 4.72 Å². The number of rotatable bonds is 5. The number of carbonyl (C=O) groups excluding carboxylic acids is 2. The normalized spacial score (nSPS) is 14.7. The van der Waals surface area contributed by atoms with Crippen molar-refractivity contribution in [2.75, 3.05) is 30.9 Å². The summed E-state index contributed by atoms with van der Waals surface area (Å²) in [6, 6.07) is 14.7. The minimum atomic E-state index is -3.87. The van der Waals surface area contributed by atoms with E-state index < -0.39 is 10.0 Å². The molecule has 0 atom stereocenters. The smallest absolute Gasteiger partial charge is 0.264 e. The zero-order chi connectivity index (χ0) is 22.0. The molecule has 9 heteroatoms. The predicted molar refractivity (Wildman–Crippen MR) is 117 cm³/mol. The SMILES string of the molecule is CCN1CCN(C(=O)c2ccc(NS(=O)(=O)c3cccc4cccnc34)cc2)CC1=O. The molecule has 1 aliphatic rings. The third-order valence-electron chi connectivity index (χ3n) is 5.26. The van der Waals surface area contributed by atoms with Gasteiger partial charge in [0.1, 0.15) is 11.4 Å². The van der Waals surface area contributed by atoms with Gasteiger partial charge >= 0.3 is 0 Å². The third kappa shape index (κ3) is 4.22. The summed E-state index contributed by atoms with van der Waals surface area (Å²) < 4.78 is 28.4. The molecule has 31 heavy (non-hydrogen) atoms. The van der Waals surface area contributed by atoms with E-state index in [0.29, 0.717) is 36.4 Å². The van der Waals surface area contributed by atoms with Gasteiger partial charge in [-0.3, -0.25) is 19.3 Å². The molecule has 160 valence electrons. The number of benzene rings is 2. The van der Waals surface area contributed by atoms with E-state index in [2.05, 4.69) is 9.71 Å². The fourth-order valence-electron chi connectivity index (χ4n) is 3.58. The van der Waals surface area contributed by atoms with E-state index in [9.17, 15) is 18.0 Å². The van der Waals surface area contributed by atoms with E-state index in [1.54, 1.807) is 47.5 Å². The van der Waals surface area contributed by atoms with Gasteiger partial charge in [-0.1, -0.05) is 18.2 Å². The van der Waals surface area contributed by atoms with Crippen molar-refractivity contribution in [1.82, 2.24) is 14.8 Å². The van der Waals surface area contributed by atoms with Crippen molar-refractivity contribution in [3.8, 4) is 0 Å². The number of fused-ring (bicyclic) bond motifs is 1. The molecule has 0 radical (unpaired) electrons. The van der Waals surface area contributed by atoms with Gasteiger partial charge in [-0.2, -0.15) is 0 Å². The molecule has 1 fully saturated rings. The van der Waals surface area contributed by atoms with E-state index in [-0.39, 0.29) is 23.3 Å². The van der Waals surface area contributed by atoms with Crippen molar-refractivity contribution >= 4 is 38.4 Å². The monoisotopic (exact) mass is 438 g/mol. The molecule has 0 saturated carbocycles. The number of piperazine rings is 1. The molecule has 4 rings (SSSR count). The Morgan fingerprint density at radius 1 is 1.06 bits per heavy atom. The van der Waals surface area contributed by atoms with E-state index in [4.69, 9.17) is 0 Å². The Balaban J connectivity index is 1.51. The number of pyridine rings is 1. The molecule has 3 aromatic rings. The van der Waals surface area contributed by atoms with Gasteiger partial charge < -0.3 is 9.80 Å². The van der Waals surface area contributed by atoms with E-state index in [1.807, 2.05) is 6.92 Å². The minimum Gasteiger partial charge on any atom is -0.340 e. The summed E-state index contributed by atoms with van der Waals surface area (Å²) in [6.45, 7) is 3.57. The van der Waals surface area contributed by atoms with Crippen molar-refractivity contribution < 1.29 is 18.0 Å². The maximum Gasteiger partial charge on any atom is 0.264 e. The second-order valence-corrected chi connectivity index (χ2v) is 8.87. The summed E-state index contributed by atoms with van der Waals surface area (Å²) in [4.78, 5) is 32.3. The maximum atomic E-state index is 12.9. The van der Waals surface area contributed by atoms with Crippen LogP contribution in [0.5, 0.6) is 0 Å². The Morgan fingerprint density at radius 3 is 2.52 bits per heavy atom. The number of hydrogen-bond acceptors (Lipinski definition) is 5. The molecule has 8 nitrogen and oxygen atoms in total. The number of nitrogens with zero attached hydrogens (tertiary/aromatic N) is 3. The van der Waals surface area contributed by atoms with Crippen molar-refractivity contribution in [3.05, 3.63) is 66.4 Å². The Hall–Kier alpha value is -3.46. The van der Waals surface area contributed by atoms with Crippen LogP contribution in [0.15, 0.2) is 65.7 Å². The van der Waals surface area contributed by atoms with Crippen molar-refractivity contribution in [3.63, 3.8) is 0 Å². The summed E-state index contributed by atoms with van der Waals surface area (Å²) in [7, 11) is -3.87. The van der Waals surface area contributed by atoms with Crippen LogP contribution in [0.3, 0.4) is 0 Å². The Labute approximate surface area is 180 Å². The number of sulfonamides is 1. The summed E-state index contributed by atoms with van der Waals surface area (Å²) >= 11 is 0. The topological polar surface area (TPSA) is 99.7 Å². The maximum absolute atomic E-state index is 12.9. The molecule has 2 heterocycles. The molecule has 0 spiro atoms. The second kappa shape index (κ2) is 8.35. The number of nitrogens with one attached hydrogen (secondary N) is 1. The van der Waals surface area contributed by atoms with Crippen LogP contribution in [0.25, 0.3) is 10.9 Å². The molecule has 2 amide bonds. The summed E-state index contributed by atoms with van der Waals surface area (Å²) in [5, 5.41) is 0.726. The predicted octanol–water partition coefficient (Wildman–Crippen LogP) is 2.34. The Bertz CT molecular complexity index is 1240. The van der Waals surface area contributed by atoms with Crippen LogP contribution in [0, 0.1) is 0 Å². The van der Waals surface area contributed by atoms with Crippen molar-refractivity contribution in [1.29, 1.82) is 0 Å². The average molecular weight is 439 g/mol. The Kier molecular flexibility index (Phi) is 5.60. The molecule has 1 aliphatic heterocycles. The first-order chi connectivity index (χ1) is 14.9. The van der Waals surface area contributed by atoms with E-state index in [1.165, 1.54) is 23.1 Å². The van der Waals surface area contributed by atoms with Gasteiger partial charge in [0.25, 0.3) is 15.9 Å². The van der Waals surface area contributed by atoms with Gasteiger partial charge in [-0.15, -0.1) is 0 Å². The quantitative estimate of drug-likeness (QED) is 0.659. The molecule has 1 N–H and O–H groups in total. The van der Waals surface area contributed by atoms with Crippen molar-refractivity contribution in [2.24, 2.45) is 0 Å². The van der Waals surface area contributed by atoms with Gasteiger partial charge in [0, 0.05) is 42.5 Å². The van der Waals surface area contributed by atoms with Gasteiger partial charge in [0.15, 0.2) is 0 Å². The van der Waals surface area contributed by atoms with E-state index in [0.717, 1.165) is 5.39 Å². The highest BCUT2D eigenvalue weighted by Gasteiger charge is 2.27. The number of hydrogen-bond donors (Lipinski definition) is 1. The first-order valence-electron chi connectivity index (χ1n) is 9.93. The molecular formula is C22H22N4O4S. The van der Waals surface area contributed by atoms with Gasteiger partial charge in [-0.05, 0) is 43.3 Å². The second-order valence-electron chi connectivity index (χ2n) is 7.21. The van der Waals surface area contributed by atoms with Crippen LogP contribution in [0.4, 0.5) is 5.69 Å². The highest BCUT2D eigenvalue weighted by atomic mass is 32.2. The fraction of sp³-hybridized carbons (Fsp3) is 0.227. The van der Waals surface area contributed by atoms with Gasteiger partial charge in [0.2, 0.25) is 5.91 Å². The molecular weight excluding hydrogens is 416 g/mol. The lowest BCUT2D eigenvalue weighted by Crippen LogP contribution is -2.52. The molecule has 1 saturated heterocycles. The number of para-hydroxylation sites is 1. The third-order valence-corrected chi connectivity index (χ3v) is 6.67. The first kappa shape index (κ1) is 20.8. The number of amides is 2. The zero-order valence-electron chi connectivity index (χ0n) is 17.0. The van der Waals surface area contributed by atoms with Crippen LogP contribution >= 0.6 is 0 Å².